The molecule has 3 rings (SSSR count). The van der Waals surface area contributed by atoms with Crippen LogP contribution in [0.4, 0.5) is 5.13 Å². The lowest BCUT2D eigenvalue weighted by Gasteiger charge is -2.37. The number of fused-ring (bicyclic) bond motifs is 1. The standard InChI is InChI=1S/C15H19N3S/c1-2-17-15(11-7-4-3-5-8-11)10-6-9-12-13(15)18-14(16)19-12/h3-5,7-8,17H,2,6,9-10H2,1H3,(H2,16,18). The molecule has 0 bridgehead atoms. The molecule has 0 amide bonds. The number of rotatable bonds is 3. The van der Waals surface area contributed by atoms with Gasteiger partial charge >= 0.3 is 0 Å². The molecule has 1 unspecified atom stereocenters. The van der Waals surface area contributed by atoms with Gasteiger partial charge in [0.1, 0.15) is 0 Å². The molecule has 1 atom stereocenters. The largest absolute Gasteiger partial charge is 0.375 e. The lowest BCUT2D eigenvalue weighted by atomic mass is 9.77. The normalized spacial score (nSPS) is 22.2. The molecule has 0 saturated heterocycles. The zero-order valence-electron chi connectivity index (χ0n) is 11.1. The van der Waals surface area contributed by atoms with Gasteiger partial charge < -0.3 is 11.1 Å². The third-order valence-corrected chi connectivity index (χ3v) is 4.76. The van der Waals surface area contributed by atoms with Crippen LogP contribution < -0.4 is 11.1 Å². The van der Waals surface area contributed by atoms with E-state index >= 15 is 0 Å². The van der Waals surface area contributed by atoms with Crippen molar-refractivity contribution in [3.63, 3.8) is 0 Å². The van der Waals surface area contributed by atoms with Crippen molar-refractivity contribution in [3.8, 4) is 0 Å². The summed E-state index contributed by atoms with van der Waals surface area (Å²) >= 11 is 1.64. The minimum Gasteiger partial charge on any atom is -0.375 e. The Bertz CT molecular complexity index is 564. The molecule has 1 aromatic heterocycles. The molecule has 0 fully saturated rings. The van der Waals surface area contributed by atoms with Crippen molar-refractivity contribution >= 4 is 16.5 Å². The first-order valence-electron chi connectivity index (χ1n) is 6.82. The fourth-order valence-electron chi connectivity index (χ4n) is 3.08. The highest BCUT2D eigenvalue weighted by Gasteiger charge is 2.40. The fourth-order valence-corrected chi connectivity index (χ4v) is 4.04. The van der Waals surface area contributed by atoms with E-state index in [2.05, 4.69) is 47.6 Å². The van der Waals surface area contributed by atoms with Crippen LogP contribution in [-0.4, -0.2) is 11.5 Å². The number of benzene rings is 1. The van der Waals surface area contributed by atoms with E-state index in [0.29, 0.717) is 5.13 Å². The highest BCUT2D eigenvalue weighted by atomic mass is 32.1. The Balaban J connectivity index is 2.17. The number of nitrogens with two attached hydrogens (primary N) is 1. The van der Waals surface area contributed by atoms with Gasteiger partial charge in [-0.25, -0.2) is 4.98 Å². The SMILES string of the molecule is CCNC1(c2ccccc2)CCCc2sc(N)nc21. The zero-order chi connectivity index (χ0) is 13.3. The Morgan fingerprint density at radius 3 is 2.89 bits per heavy atom. The maximum Gasteiger partial charge on any atom is 0.180 e. The van der Waals surface area contributed by atoms with Crippen molar-refractivity contribution in [2.45, 2.75) is 31.7 Å². The molecular weight excluding hydrogens is 254 g/mol. The number of hydrogen-bond donors (Lipinski definition) is 2. The molecule has 0 aliphatic heterocycles. The van der Waals surface area contributed by atoms with E-state index in [4.69, 9.17) is 5.73 Å². The molecule has 4 heteroatoms. The van der Waals surface area contributed by atoms with E-state index in [1.165, 1.54) is 16.9 Å². The Labute approximate surface area is 117 Å². The van der Waals surface area contributed by atoms with Gasteiger partial charge in [0.2, 0.25) is 0 Å². The average Bonchev–Trinajstić information content (AvgIpc) is 2.82. The molecule has 3 N–H and O–H groups in total. The van der Waals surface area contributed by atoms with Crippen molar-refractivity contribution in [2.24, 2.45) is 0 Å². The average molecular weight is 273 g/mol. The minimum atomic E-state index is -0.155. The van der Waals surface area contributed by atoms with Crippen molar-refractivity contribution in [1.82, 2.24) is 10.3 Å². The van der Waals surface area contributed by atoms with E-state index in [9.17, 15) is 0 Å². The topological polar surface area (TPSA) is 50.9 Å². The number of aryl methyl sites for hydroxylation is 1. The predicted octanol–water partition coefficient (Wildman–Crippen LogP) is 2.91. The molecule has 1 aliphatic carbocycles. The van der Waals surface area contributed by atoms with Crippen LogP contribution in [-0.2, 0) is 12.0 Å². The van der Waals surface area contributed by atoms with E-state index in [1.807, 2.05) is 0 Å². The molecule has 2 aromatic rings. The summed E-state index contributed by atoms with van der Waals surface area (Å²) in [7, 11) is 0. The van der Waals surface area contributed by atoms with Crippen LogP contribution in [0.2, 0.25) is 0 Å². The number of nitrogens with one attached hydrogen (secondary N) is 1. The van der Waals surface area contributed by atoms with Gasteiger partial charge in [0, 0.05) is 4.88 Å². The Kier molecular flexibility index (Phi) is 3.29. The molecule has 3 nitrogen and oxygen atoms in total. The smallest absolute Gasteiger partial charge is 0.180 e. The van der Waals surface area contributed by atoms with E-state index < -0.39 is 0 Å². The summed E-state index contributed by atoms with van der Waals surface area (Å²) in [5, 5.41) is 4.36. The van der Waals surface area contributed by atoms with Crippen LogP contribution in [0.3, 0.4) is 0 Å². The molecule has 100 valence electrons. The van der Waals surface area contributed by atoms with Gasteiger partial charge in [0.05, 0.1) is 11.2 Å². The van der Waals surface area contributed by atoms with Gasteiger partial charge in [-0.1, -0.05) is 37.3 Å². The van der Waals surface area contributed by atoms with Gasteiger partial charge in [0.15, 0.2) is 5.13 Å². The molecule has 19 heavy (non-hydrogen) atoms. The highest BCUT2D eigenvalue weighted by Crippen LogP contribution is 2.42. The Morgan fingerprint density at radius 2 is 2.16 bits per heavy atom. The summed E-state index contributed by atoms with van der Waals surface area (Å²) in [6.07, 6.45) is 3.36. The Morgan fingerprint density at radius 1 is 1.37 bits per heavy atom. The van der Waals surface area contributed by atoms with Crippen LogP contribution in [0.15, 0.2) is 30.3 Å². The summed E-state index contributed by atoms with van der Waals surface area (Å²) in [6.45, 7) is 3.07. The van der Waals surface area contributed by atoms with Gasteiger partial charge in [0.25, 0.3) is 0 Å². The van der Waals surface area contributed by atoms with Crippen LogP contribution in [0.25, 0.3) is 0 Å². The second kappa shape index (κ2) is 4.94. The molecule has 0 saturated carbocycles. The molecule has 1 heterocycles. The third kappa shape index (κ3) is 2.05. The van der Waals surface area contributed by atoms with E-state index in [1.54, 1.807) is 11.3 Å². The first-order valence-corrected chi connectivity index (χ1v) is 7.64. The second-order valence-electron chi connectivity index (χ2n) is 4.98. The summed E-state index contributed by atoms with van der Waals surface area (Å²) in [4.78, 5) is 5.97. The highest BCUT2D eigenvalue weighted by molar-refractivity contribution is 7.15. The van der Waals surface area contributed by atoms with Gasteiger partial charge in [-0.2, -0.15) is 0 Å². The maximum atomic E-state index is 5.93. The van der Waals surface area contributed by atoms with Crippen molar-refractivity contribution in [2.75, 3.05) is 12.3 Å². The molecule has 1 aliphatic rings. The predicted molar refractivity (Wildman–Crippen MR) is 80.4 cm³/mol. The van der Waals surface area contributed by atoms with Crippen molar-refractivity contribution < 1.29 is 0 Å². The molecule has 0 spiro atoms. The monoisotopic (exact) mass is 273 g/mol. The number of thiazole rings is 1. The number of hydrogen-bond acceptors (Lipinski definition) is 4. The number of nitrogens with zero attached hydrogens (tertiary/aromatic N) is 1. The lowest BCUT2D eigenvalue weighted by molar-refractivity contribution is 0.345. The van der Waals surface area contributed by atoms with E-state index in [0.717, 1.165) is 25.1 Å². The number of aromatic nitrogens is 1. The fraction of sp³-hybridized carbons (Fsp3) is 0.400. The molecule has 0 radical (unpaired) electrons. The van der Waals surface area contributed by atoms with E-state index in [-0.39, 0.29) is 5.54 Å². The number of anilines is 1. The maximum absolute atomic E-state index is 5.93. The summed E-state index contributed by atoms with van der Waals surface area (Å²) in [5.41, 5.74) is 8.22. The summed E-state index contributed by atoms with van der Waals surface area (Å²) in [6, 6.07) is 10.6. The first kappa shape index (κ1) is 12.6. The van der Waals surface area contributed by atoms with Gasteiger partial charge in [-0.15, -0.1) is 11.3 Å². The van der Waals surface area contributed by atoms with Crippen LogP contribution in [0, 0.1) is 0 Å². The Hall–Kier alpha value is -1.39. The van der Waals surface area contributed by atoms with Crippen molar-refractivity contribution in [3.05, 3.63) is 46.5 Å². The summed E-state index contributed by atoms with van der Waals surface area (Å²) < 4.78 is 0. The molecular formula is C15H19N3S. The van der Waals surface area contributed by atoms with Crippen molar-refractivity contribution in [1.29, 1.82) is 0 Å². The third-order valence-electron chi connectivity index (χ3n) is 3.82. The van der Waals surface area contributed by atoms with Gasteiger partial charge in [-0.3, -0.25) is 0 Å². The number of nitrogen functional groups attached to an aromatic ring is 1. The van der Waals surface area contributed by atoms with Crippen LogP contribution >= 0.6 is 11.3 Å². The zero-order valence-corrected chi connectivity index (χ0v) is 12.0. The minimum absolute atomic E-state index is 0.155. The first-order chi connectivity index (χ1) is 9.26. The van der Waals surface area contributed by atoms with Gasteiger partial charge in [-0.05, 0) is 31.4 Å². The lowest BCUT2D eigenvalue weighted by Crippen LogP contribution is -2.46. The summed E-state index contributed by atoms with van der Waals surface area (Å²) in [5.74, 6) is 0. The van der Waals surface area contributed by atoms with Crippen LogP contribution in [0.1, 0.15) is 35.9 Å². The van der Waals surface area contributed by atoms with Crippen LogP contribution in [0.5, 0.6) is 0 Å². The quantitative estimate of drug-likeness (QED) is 0.904. The second-order valence-corrected chi connectivity index (χ2v) is 6.09. The molecule has 1 aromatic carbocycles.